The molecule has 1 heterocycles. The third-order valence-electron chi connectivity index (χ3n) is 3.23. The number of nitrogens with one attached hydrogen (secondary N) is 1. The molecule has 0 radical (unpaired) electrons. The second-order valence-electron chi connectivity index (χ2n) is 4.69. The van der Waals surface area contributed by atoms with Crippen molar-refractivity contribution in [1.82, 2.24) is 4.72 Å². The van der Waals surface area contributed by atoms with Gasteiger partial charge < -0.3 is 9.52 Å². The fourth-order valence-electron chi connectivity index (χ4n) is 2.26. The summed E-state index contributed by atoms with van der Waals surface area (Å²) in [5.41, 5.74) is 0. The van der Waals surface area contributed by atoms with Gasteiger partial charge in [-0.25, -0.2) is 13.1 Å². The van der Waals surface area contributed by atoms with Crippen LogP contribution in [0.4, 0.5) is 0 Å². The van der Waals surface area contributed by atoms with Crippen LogP contribution in [0, 0.1) is 0 Å². The number of rotatable bonds is 4. The molecule has 2 N–H and O–H groups in total. The van der Waals surface area contributed by atoms with Crippen LogP contribution in [-0.2, 0) is 16.6 Å². The maximum absolute atomic E-state index is 12.1. The highest BCUT2D eigenvalue weighted by atomic mass is 32.2. The molecular weight excluding hydrogens is 254 g/mol. The van der Waals surface area contributed by atoms with Crippen LogP contribution in [0.1, 0.15) is 44.3 Å². The van der Waals surface area contributed by atoms with Gasteiger partial charge in [0.25, 0.3) is 10.0 Å². The van der Waals surface area contributed by atoms with E-state index in [4.69, 9.17) is 9.52 Å². The number of hydrogen-bond acceptors (Lipinski definition) is 4. The van der Waals surface area contributed by atoms with Gasteiger partial charge in [-0.1, -0.05) is 25.7 Å². The fourth-order valence-corrected chi connectivity index (χ4v) is 3.52. The molecule has 2 rings (SSSR count). The van der Waals surface area contributed by atoms with Crippen molar-refractivity contribution in [1.29, 1.82) is 0 Å². The minimum atomic E-state index is -3.59. The Morgan fingerprint density at radius 1 is 1.22 bits per heavy atom. The molecule has 0 saturated heterocycles. The lowest BCUT2D eigenvalue weighted by Gasteiger charge is -2.14. The quantitative estimate of drug-likeness (QED) is 0.819. The highest BCUT2D eigenvalue weighted by Crippen LogP contribution is 2.20. The minimum absolute atomic E-state index is 0.000163. The van der Waals surface area contributed by atoms with Crippen LogP contribution >= 0.6 is 0 Å². The van der Waals surface area contributed by atoms with E-state index in [2.05, 4.69) is 4.72 Å². The second-order valence-corrected chi connectivity index (χ2v) is 6.33. The lowest BCUT2D eigenvalue weighted by molar-refractivity contribution is 0.236. The molecule has 1 saturated carbocycles. The maximum Gasteiger partial charge on any atom is 0.274 e. The van der Waals surface area contributed by atoms with Crippen molar-refractivity contribution in [3.05, 3.63) is 17.9 Å². The zero-order valence-electron chi connectivity index (χ0n) is 10.3. The Morgan fingerprint density at radius 2 is 1.89 bits per heavy atom. The summed E-state index contributed by atoms with van der Waals surface area (Å²) in [7, 11) is -3.59. The van der Waals surface area contributed by atoms with E-state index in [-0.39, 0.29) is 23.5 Å². The predicted molar refractivity (Wildman–Crippen MR) is 66.4 cm³/mol. The van der Waals surface area contributed by atoms with Crippen LogP contribution in [0.15, 0.2) is 21.6 Å². The van der Waals surface area contributed by atoms with Crippen LogP contribution in [0.3, 0.4) is 0 Å². The zero-order chi connectivity index (χ0) is 13.0. The molecule has 1 fully saturated rings. The topological polar surface area (TPSA) is 79.5 Å². The van der Waals surface area contributed by atoms with Gasteiger partial charge in [-0.15, -0.1) is 0 Å². The van der Waals surface area contributed by atoms with E-state index < -0.39 is 10.0 Å². The largest absolute Gasteiger partial charge is 0.446 e. The Balaban J connectivity index is 2.06. The molecule has 1 aliphatic carbocycles. The van der Waals surface area contributed by atoms with Crippen LogP contribution in [0.5, 0.6) is 0 Å². The SMILES string of the molecule is O=S(=O)(NC1CCCCCC1)c1ccc(CO)o1. The van der Waals surface area contributed by atoms with Crippen LogP contribution in [-0.4, -0.2) is 19.6 Å². The second kappa shape index (κ2) is 5.86. The summed E-state index contributed by atoms with van der Waals surface area (Å²) in [5, 5.41) is 8.75. The van der Waals surface area contributed by atoms with Crippen LogP contribution < -0.4 is 4.72 Å². The standard InChI is InChI=1S/C12H19NO4S/c14-9-11-7-8-12(17-11)18(15,16)13-10-5-3-1-2-4-6-10/h7-8,10,13-14H,1-6,9H2. The van der Waals surface area contributed by atoms with Gasteiger partial charge in [0.15, 0.2) is 0 Å². The number of sulfonamides is 1. The minimum Gasteiger partial charge on any atom is -0.446 e. The average molecular weight is 273 g/mol. The van der Waals surface area contributed by atoms with Crippen molar-refractivity contribution in [3.63, 3.8) is 0 Å². The molecule has 5 nitrogen and oxygen atoms in total. The van der Waals surface area contributed by atoms with Crippen LogP contribution in [0.2, 0.25) is 0 Å². The molecule has 0 aliphatic heterocycles. The monoisotopic (exact) mass is 273 g/mol. The Kier molecular flexibility index (Phi) is 4.42. The Bertz CT molecular complexity index is 472. The molecule has 1 aromatic heterocycles. The third kappa shape index (κ3) is 3.34. The summed E-state index contributed by atoms with van der Waals surface area (Å²) in [6.45, 7) is -0.293. The lowest BCUT2D eigenvalue weighted by atomic mass is 10.1. The molecule has 0 spiro atoms. The lowest BCUT2D eigenvalue weighted by Crippen LogP contribution is -2.34. The normalized spacial score (nSPS) is 18.7. The van der Waals surface area contributed by atoms with Crippen molar-refractivity contribution < 1.29 is 17.9 Å². The first-order valence-electron chi connectivity index (χ1n) is 6.34. The smallest absolute Gasteiger partial charge is 0.274 e. The van der Waals surface area contributed by atoms with Gasteiger partial charge in [0, 0.05) is 6.04 Å². The third-order valence-corrected chi connectivity index (χ3v) is 4.63. The molecule has 0 unspecified atom stereocenters. The number of furan rings is 1. The van der Waals surface area contributed by atoms with E-state index in [0.29, 0.717) is 0 Å². The molecule has 0 amide bonds. The van der Waals surface area contributed by atoms with Crippen molar-refractivity contribution in [2.45, 2.75) is 56.3 Å². The van der Waals surface area contributed by atoms with Gasteiger partial charge in [0.2, 0.25) is 5.09 Å². The predicted octanol–water partition coefficient (Wildman–Crippen LogP) is 1.77. The first-order valence-corrected chi connectivity index (χ1v) is 7.82. The first kappa shape index (κ1) is 13.6. The van der Waals surface area contributed by atoms with Crippen molar-refractivity contribution >= 4 is 10.0 Å². The summed E-state index contributed by atoms with van der Waals surface area (Å²) in [6, 6.07) is 2.85. The first-order chi connectivity index (χ1) is 8.62. The maximum atomic E-state index is 12.1. The zero-order valence-corrected chi connectivity index (χ0v) is 11.1. The Hall–Kier alpha value is -0.850. The van der Waals surface area contributed by atoms with E-state index in [9.17, 15) is 8.42 Å². The molecule has 0 atom stereocenters. The molecule has 102 valence electrons. The van der Waals surface area contributed by atoms with Gasteiger partial charge in [-0.3, -0.25) is 0 Å². The Morgan fingerprint density at radius 3 is 2.44 bits per heavy atom. The summed E-state index contributed by atoms with van der Waals surface area (Å²) < 4.78 is 31.9. The van der Waals surface area contributed by atoms with Crippen molar-refractivity contribution in [2.24, 2.45) is 0 Å². The van der Waals surface area contributed by atoms with E-state index in [1.807, 2.05) is 0 Å². The molecule has 0 bridgehead atoms. The van der Waals surface area contributed by atoms with E-state index in [1.54, 1.807) is 0 Å². The van der Waals surface area contributed by atoms with Gasteiger partial charge in [-0.05, 0) is 25.0 Å². The summed E-state index contributed by atoms with van der Waals surface area (Å²) in [6.07, 6.45) is 6.24. The van der Waals surface area contributed by atoms with Crippen molar-refractivity contribution in [2.75, 3.05) is 0 Å². The van der Waals surface area contributed by atoms with E-state index in [0.717, 1.165) is 25.7 Å². The number of hydrogen-bond donors (Lipinski definition) is 2. The molecular formula is C12H19NO4S. The fraction of sp³-hybridized carbons (Fsp3) is 0.667. The molecule has 1 aliphatic rings. The highest BCUT2D eigenvalue weighted by molar-refractivity contribution is 7.89. The van der Waals surface area contributed by atoms with Gasteiger partial charge in [0.1, 0.15) is 12.4 Å². The number of aliphatic hydroxyl groups excluding tert-OH is 1. The van der Waals surface area contributed by atoms with Crippen LogP contribution in [0.25, 0.3) is 0 Å². The molecule has 18 heavy (non-hydrogen) atoms. The summed E-state index contributed by atoms with van der Waals surface area (Å²) in [4.78, 5) is 0. The van der Waals surface area contributed by atoms with Gasteiger partial charge in [-0.2, -0.15) is 0 Å². The van der Waals surface area contributed by atoms with E-state index in [1.165, 1.54) is 25.0 Å². The van der Waals surface area contributed by atoms with E-state index >= 15 is 0 Å². The molecule has 6 heteroatoms. The number of aliphatic hydroxyl groups is 1. The molecule has 0 aromatic carbocycles. The van der Waals surface area contributed by atoms with Crippen molar-refractivity contribution in [3.8, 4) is 0 Å². The van der Waals surface area contributed by atoms with Gasteiger partial charge >= 0.3 is 0 Å². The highest BCUT2D eigenvalue weighted by Gasteiger charge is 2.23. The molecule has 1 aromatic rings. The Labute approximate surface area is 107 Å². The average Bonchev–Trinajstić information content (AvgIpc) is 2.70. The summed E-state index contributed by atoms with van der Waals surface area (Å²) in [5.74, 6) is 0.260. The van der Waals surface area contributed by atoms with Gasteiger partial charge in [0.05, 0.1) is 0 Å². The summed E-state index contributed by atoms with van der Waals surface area (Å²) >= 11 is 0.